The molecular weight excluding hydrogens is 254 g/mol. The molecule has 0 saturated heterocycles. The highest BCUT2D eigenvalue weighted by molar-refractivity contribution is 5.96. The third kappa shape index (κ3) is 2.79. The molecule has 20 heavy (non-hydrogen) atoms. The van der Waals surface area contributed by atoms with Gasteiger partial charge in [-0.1, -0.05) is 0 Å². The van der Waals surface area contributed by atoms with E-state index in [0.717, 1.165) is 12.0 Å². The minimum Gasteiger partial charge on any atom is -0.486 e. The second-order valence-electron chi connectivity index (χ2n) is 4.64. The molecule has 0 fully saturated rings. The molecular formula is C16H15NO3. The topological polar surface area (TPSA) is 48.4 Å². The maximum Gasteiger partial charge on any atom is 0.163 e. The average molecular weight is 269 g/mol. The average Bonchev–Trinajstić information content (AvgIpc) is 2.53. The Morgan fingerprint density at radius 2 is 1.80 bits per heavy atom. The maximum atomic E-state index is 12.2. The van der Waals surface area contributed by atoms with Crippen molar-refractivity contribution >= 4 is 5.78 Å². The van der Waals surface area contributed by atoms with Gasteiger partial charge in [0.25, 0.3) is 0 Å². The van der Waals surface area contributed by atoms with E-state index in [1.54, 1.807) is 30.6 Å². The van der Waals surface area contributed by atoms with E-state index in [0.29, 0.717) is 36.7 Å². The molecule has 1 aromatic carbocycles. The van der Waals surface area contributed by atoms with Crippen molar-refractivity contribution in [1.29, 1.82) is 0 Å². The van der Waals surface area contributed by atoms with Crippen molar-refractivity contribution in [2.45, 2.75) is 12.8 Å². The van der Waals surface area contributed by atoms with E-state index in [9.17, 15) is 4.79 Å². The number of nitrogens with zero attached hydrogens (tertiary/aromatic N) is 1. The van der Waals surface area contributed by atoms with Crippen LogP contribution in [-0.4, -0.2) is 24.0 Å². The van der Waals surface area contributed by atoms with E-state index in [1.807, 2.05) is 12.1 Å². The first-order valence-corrected chi connectivity index (χ1v) is 6.65. The van der Waals surface area contributed by atoms with Gasteiger partial charge in [-0.15, -0.1) is 0 Å². The zero-order chi connectivity index (χ0) is 13.8. The maximum absolute atomic E-state index is 12.2. The van der Waals surface area contributed by atoms with Crippen molar-refractivity contribution < 1.29 is 14.3 Å². The quantitative estimate of drug-likeness (QED) is 0.801. The Balaban J connectivity index is 1.68. The summed E-state index contributed by atoms with van der Waals surface area (Å²) in [4.78, 5) is 16.2. The van der Waals surface area contributed by atoms with Crippen LogP contribution in [0.4, 0.5) is 0 Å². The highest BCUT2D eigenvalue weighted by Crippen LogP contribution is 2.31. The Bertz CT molecular complexity index is 610. The van der Waals surface area contributed by atoms with Crippen LogP contribution < -0.4 is 9.47 Å². The number of ketones is 1. The van der Waals surface area contributed by atoms with Gasteiger partial charge >= 0.3 is 0 Å². The monoisotopic (exact) mass is 269 g/mol. The summed E-state index contributed by atoms with van der Waals surface area (Å²) in [5.41, 5.74) is 1.79. The summed E-state index contributed by atoms with van der Waals surface area (Å²) in [5, 5.41) is 0. The van der Waals surface area contributed by atoms with Gasteiger partial charge in [0.1, 0.15) is 13.2 Å². The Kier molecular flexibility index (Phi) is 3.63. The van der Waals surface area contributed by atoms with Gasteiger partial charge in [0, 0.05) is 24.4 Å². The first-order valence-electron chi connectivity index (χ1n) is 6.65. The molecule has 1 aliphatic heterocycles. The first kappa shape index (κ1) is 12.7. The van der Waals surface area contributed by atoms with Crippen LogP contribution in [0.2, 0.25) is 0 Å². The lowest BCUT2D eigenvalue weighted by atomic mass is 10.0. The minimum atomic E-state index is 0.110. The lowest BCUT2D eigenvalue weighted by Crippen LogP contribution is -2.15. The molecule has 102 valence electrons. The Morgan fingerprint density at radius 1 is 1.05 bits per heavy atom. The summed E-state index contributed by atoms with van der Waals surface area (Å²) < 4.78 is 10.9. The number of aryl methyl sites for hydroxylation is 1. The molecule has 0 N–H and O–H groups in total. The molecule has 3 rings (SSSR count). The summed E-state index contributed by atoms with van der Waals surface area (Å²) in [6.07, 6.45) is 4.67. The number of carbonyl (C=O) groups excluding carboxylic acids is 1. The molecule has 4 nitrogen and oxygen atoms in total. The van der Waals surface area contributed by atoms with E-state index < -0.39 is 0 Å². The van der Waals surface area contributed by atoms with E-state index in [-0.39, 0.29) is 5.78 Å². The minimum absolute atomic E-state index is 0.110. The molecule has 0 unspecified atom stereocenters. The zero-order valence-corrected chi connectivity index (χ0v) is 11.0. The number of hydrogen-bond acceptors (Lipinski definition) is 4. The van der Waals surface area contributed by atoms with Crippen molar-refractivity contribution in [3.8, 4) is 11.5 Å². The van der Waals surface area contributed by atoms with Gasteiger partial charge in [0.2, 0.25) is 0 Å². The Morgan fingerprint density at radius 3 is 2.60 bits per heavy atom. The molecule has 0 saturated carbocycles. The van der Waals surface area contributed by atoms with Crippen LogP contribution in [0.5, 0.6) is 11.5 Å². The van der Waals surface area contributed by atoms with Crippen LogP contribution in [0.1, 0.15) is 22.3 Å². The highest BCUT2D eigenvalue weighted by Gasteiger charge is 2.14. The third-order valence-corrected chi connectivity index (χ3v) is 3.25. The molecule has 2 aromatic rings. The second kappa shape index (κ2) is 5.74. The summed E-state index contributed by atoms with van der Waals surface area (Å²) in [6.45, 7) is 1.09. The number of carbonyl (C=O) groups is 1. The van der Waals surface area contributed by atoms with Crippen molar-refractivity contribution in [2.24, 2.45) is 0 Å². The van der Waals surface area contributed by atoms with Gasteiger partial charge in [-0.3, -0.25) is 9.78 Å². The fourth-order valence-corrected chi connectivity index (χ4v) is 2.17. The van der Waals surface area contributed by atoms with Crippen molar-refractivity contribution in [3.05, 3.63) is 53.9 Å². The van der Waals surface area contributed by atoms with Crippen molar-refractivity contribution in [2.75, 3.05) is 13.2 Å². The highest BCUT2D eigenvalue weighted by atomic mass is 16.6. The molecule has 2 heterocycles. The Labute approximate surface area is 117 Å². The summed E-state index contributed by atoms with van der Waals surface area (Å²) in [5.74, 6) is 1.48. The van der Waals surface area contributed by atoms with E-state index in [2.05, 4.69) is 4.98 Å². The molecule has 1 aliphatic rings. The van der Waals surface area contributed by atoms with Gasteiger partial charge < -0.3 is 9.47 Å². The summed E-state index contributed by atoms with van der Waals surface area (Å²) >= 11 is 0. The zero-order valence-electron chi connectivity index (χ0n) is 11.0. The summed E-state index contributed by atoms with van der Waals surface area (Å²) in [6, 6.07) is 9.22. The van der Waals surface area contributed by atoms with E-state index in [4.69, 9.17) is 9.47 Å². The van der Waals surface area contributed by atoms with Crippen LogP contribution in [0.3, 0.4) is 0 Å². The number of ether oxygens (including phenoxy) is 2. The number of benzene rings is 1. The largest absolute Gasteiger partial charge is 0.486 e. The molecule has 1 aromatic heterocycles. The Hall–Kier alpha value is -2.36. The van der Waals surface area contributed by atoms with E-state index >= 15 is 0 Å². The molecule has 0 aliphatic carbocycles. The van der Waals surface area contributed by atoms with Crippen LogP contribution in [0.25, 0.3) is 0 Å². The molecule has 0 atom stereocenters. The van der Waals surface area contributed by atoms with Gasteiger partial charge in [0.05, 0.1) is 0 Å². The fraction of sp³-hybridized carbons (Fsp3) is 0.250. The molecule has 0 radical (unpaired) electrons. The van der Waals surface area contributed by atoms with Crippen LogP contribution in [-0.2, 0) is 6.42 Å². The first-order chi connectivity index (χ1) is 9.83. The standard InChI is InChI=1S/C16H15NO3/c18-14(3-1-12-5-7-17-8-6-12)13-2-4-15-16(11-13)20-10-9-19-15/h2,4-8,11H,1,3,9-10H2. The van der Waals surface area contributed by atoms with Gasteiger partial charge in [0.15, 0.2) is 17.3 Å². The van der Waals surface area contributed by atoms with Gasteiger partial charge in [-0.25, -0.2) is 0 Å². The van der Waals surface area contributed by atoms with Crippen molar-refractivity contribution in [1.82, 2.24) is 4.98 Å². The van der Waals surface area contributed by atoms with Crippen LogP contribution in [0.15, 0.2) is 42.7 Å². The molecule has 0 spiro atoms. The second-order valence-corrected chi connectivity index (χ2v) is 4.64. The van der Waals surface area contributed by atoms with Gasteiger partial charge in [-0.05, 0) is 42.3 Å². The molecule has 0 amide bonds. The summed E-state index contributed by atoms with van der Waals surface area (Å²) in [7, 11) is 0. The predicted octanol–water partition coefficient (Wildman–Crippen LogP) is 2.67. The number of hydrogen-bond donors (Lipinski definition) is 0. The molecule has 4 heteroatoms. The lowest BCUT2D eigenvalue weighted by molar-refractivity contribution is 0.0981. The number of Topliss-reactive ketones (excluding diaryl/α,β-unsaturated/α-hetero) is 1. The smallest absolute Gasteiger partial charge is 0.163 e. The lowest BCUT2D eigenvalue weighted by Gasteiger charge is -2.18. The molecule has 0 bridgehead atoms. The van der Waals surface area contributed by atoms with Crippen molar-refractivity contribution in [3.63, 3.8) is 0 Å². The number of pyridine rings is 1. The number of rotatable bonds is 4. The normalized spacial score (nSPS) is 13.0. The third-order valence-electron chi connectivity index (χ3n) is 3.25. The van der Waals surface area contributed by atoms with Gasteiger partial charge in [-0.2, -0.15) is 0 Å². The SMILES string of the molecule is O=C(CCc1ccncc1)c1ccc2c(c1)OCCO2. The fourth-order valence-electron chi connectivity index (χ4n) is 2.17. The predicted molar refractivity (Wildman–Crippen MR) is 74.3 cm³/mol. The van der Waals surface area contributed by atoms with Crippen LogP contribution in [0, 0.1) is 0 Å². The number of aromatic nitrogens is 1. The van der Waals surface area contributed by atoms with E-state index in [1.165, 1.54) is 0 Å². The van der Waals surface area contributed by atoms with Crippen LogP contribution >= 0.6 is 0 Å². The number of fused-ring (bicyclic) bond motifs is 1.